The number of likely N-dealkylation sites (tertiary alicyclic amines) is 1. The fraction of sp³-hybridized carbons (Fsp3) is 0.545. The number of hydrogen-bond acceptors (Lipinski definition) is 5. The minimum Gasteiger partial charge on any atom is -0.497 e. The van der Waals surface area contributed by atoms with Crippen LogP contribution >= 0.6 is 0 Å². The lowest BCUT2D eigenvalue weighted by atomic mass is 9.69. The number of nitrogens with one attached hydrogen (secondary N) is 1. The first kappa shape index (κ1) is 21.2. The van der Waals surface area contributed by atoms with E-state index < -0.39 is 5.41 Å². The van der Waals surface area contributed by atoms with Crippen LogP contribution in [0.1, 0.15) is 37.7 Å². The number of hydrogen-bond donors (Lipinski definition) is 1. The van der Waals surface area contributed by atoms with Crippen LogP contribution in [-0.2, 0) is 20.9 Å². The van der Waals surface area contributed by atoms with Crippen molar-refractivity contribution in [1.29, 1.82) is 0 Å². The lowest BCUT2D eigenvalue weighted by molar-refractivity contribution is -0.141. The third-order valence-corrected chi connectivity index (χ3v) is 5.87. The summed E-state index contributed by atoms with van der Waals surface area (Å²) in [5.74, 6) is 1.43. The van der Waals surface area contributed by atoms with Crippen molar-refractivity contribution in [2.75, 3.05) is 34.5 Å². The molecule has 2 aliphatic rings. The van der Waals surface area contributed by atoms with Crippen LogP contribution in [0.3, 0.4) is 0 Å². The molecule has 29 heavy (non-hydrogen) atoms. The Morgan fingerprint density at radius 2 is 2.03 bits per heavy atom. The molecule has 158 valence electrons. The number of fused-ring (bicyclic) bond motifs is 1. The normalized spacial score (nSPS) is 21.3. The summed E-state index contributed by atoms with van der Waals surface area (Å²) in [7, 11) is 4.83. The Labute approximate surface area is 172 Å². The minimum absolute atomic E-state index is 0.0387. The van der Waals surface area contributed by atoms with E-state index in [1.807, 2.05) is 18.2 Å². The molecule has 0 radical (unpaired) electrons. The van der Waals surface area contributed by atoms with E-state index >= 15 is 0 Å². The van der Waals surface area contributed by atoms with E-state index in [9.17, 15) is 9.59 Å². The third kappa shape index (κ3) is 4.24. The highest BCUT2D eigenvalue weighted by Gasteiger charge is 2.49. The second-order valence-corrected chi connectivity index (χ2v) is 7.46. The highest BCUT2D eigenvalue weighted by molar-refractivity contribution is 5.91. The van der Waals surface area contributed by atoms with Crippen LogP contribution in [0.2, 0.25) is 0 Å². The van der Waals surface area contributed by atoms with Gasteiger partial charge in [-0.25, -0.2) is 0 Å². The molecule has 1 saturated heterocycles. The van der Waals surface area contributed by atoms with Gasteiger partial charge < -0.3 is 24.4 Å². The molecule has 0 saturated carbocycles. The van der Waals surface area contributed by atoms with E-state index in [1.54, 1.807) is 26.2 Å². The third-order valence-electron chi connectivity index (χ3n) is 5.87. The molecule has 2 amide bonds. The number of nitrogens with zero attached hydrogens (tertiary/aromatic N) is 1. The topological polar surface area (TPSA) is 77.1 Å². The van der Waals surface area contributed by atoms with Gasteiger partial charge >= 0.3 is 0 Å². The molecule has 1 heterocycles. The highest BCUT2D eigenvalue weighted by atomic mass is 16.5. The first-order valence-corrected chi connectivity index (χ1v) is 10.0. The van der Waals surface area contributed by atoms with E-state index in [1.165, 1.54) is 0 Å². The summed E-state index contributed by atoms with van der Waals surface area (Å²) in [4.78, 5) is 27.7. The Bertz CT molecular complexity index is 791. The maximum Gasteiger partial charge on any atom is 0.232 e. The monoisotopic (exact) mass is 402 g/mol. The molecular weight excluding hydrogens is 372 g/mol. The van der Waals surface area contributed by atoms with Gasteiger partial charge in [0.2, 0.25) is 11.8 Å². The molecule has 1 aliphatic heterocycles. The van der Waals surface area contributed by atoms with Crippen LogP contribution in [-0.4, -0.2) is 51.2 Å². The van der Waals surface area contributed by atoms with Gasteiger partial charge in [0.05, 0.1) is 26.2 Å². The average molecular weight is 402 g/mol. The molecule has 1 aliphatic carbocycles. The quantitative estimate of drug-likeness (QED) is 0.723. The van der Waals surface area contributed by atoms with Crippen molar-refractivity contribution < 1.29 is 23.8 Å². The molecule has 0 bridgehead atoms. The Morgan fingerprint density at radius 3 is 2.76 bits per heavy atom. The van der Waals surface area contributed by atoms with Gasteiger partial charge in [-0.1, -0.05) is 6.08 Å². The summed E-state index contributed by atoms with van der Waals surface area (Å²) in [6.07, 6.45) is 5.54. The largest absolute Gasteiger partial charge is 0.497 e. The fourth-order valence-electron chi connectivity index (χ4n) is 4.31. The Morgan fingerprint density at radius 1 is 1.21 bits per heavy atom. The number of carbonyl (C=O) groups excluding carboxylic acids is 2. The van der Waals surface area contributed by atoms with Crippen LogP contribution in [0.25, 0.3) is 0 Å². The Balaban J connectivity index is 1.81. The number of ether oxygens (including phenoxy) is 3. The summed E-state index contributed by atoms with van der Waals surface area (Å²) < 4.78 is 15.9. The molecule has 1 atom stereocenters. The van der Waals surface area contributed by atoms with Gasteiger partial charge in [0, 0.05) is 37.9 Å². The predicted molar refractivity (Wildman–Crippen MR) is 109 cm³/mol. The second-order valence-electron chi connectivity index (χ2n) is 7.46. The van der Waals surface area contributed by atoms with Gasteiger partial charge in [-0.3, -0.25) is 9.59 Å². The number of allylic oxidation sites excluding steroid dienone is 1. The van der Waals surface area contributed by atoms with Crippen molar-refractivity contribution in [3.8, 4) is 11.5 Å². The SMILES string of the molecule is COCCN1C(=O)CCC2(C(=O)NCc3cc(OC)ccc3OC)CCCC=C12. The molecule has 3 rings (SSSR count). The van der Waals surface area contributed by atoms with Gasteiger partial charge in [0.1, 0.15) is 11.5 Å². The number of benzene rings is 1. The standard InChI is InChI=1S/C22H30N2O5/c1-27-13-12-24-19-6-4-5-10-22(19,11-9-20(24)25)21(26)23-15-16-14-17(28-2)7-8-18(16)29-3/h6-8,14H,4-5,9-13,15H2,1-3H3,(H,23,26). The summed E-state index contributed by atoms with van der Waals surface area (Å²) >= 11 is 0. The predicted octanol–water partition coefficient (Wildman–Crippen LogP) is 2.64. The van der Waals surface area contributed by atoms with Crippen LogP contribution in [0.4, 0.5) is 0 Å². The van der Waals surface area contributed by atoms with Crippen molar-refractivity contribution in [1.82, 2.24) is 10.2 Å². The maximum atomic E-state index is 13.4. The van der Waals surface area contributed by atoms with Crippen LogP contribution in [0.5, 0.6) is 11.5 Å². The maximum absolute atomic E-state index is 13.4. The highest BCUT2D eigenvalue weighted by Crippen LogP contribution is 2.46. The van der Waals surface area contributed by atoms with E-state index in [0.717, 1.165) is 30.5 Å². The summed E-state index contributed by atoms with van der Waals surface area (Å²) in [5, 5.41) is 3.09. The molecule has 1 aromatic carbocycles. The van der Waals surface area contributed by atoms with Crippen LogP contribution in [0, 0.1) is 5.41 Å². The molecule has 0 aromatic heterocycles. The number of rotatable bonds is 8. The molecule has 0 spiro atoms. The molecule has 7 nitrogen and oxygen atoms in total. The summed E-state index contributed by atoms with van der Waals surface area (Å²) in [5.41, 5.74) is 1.03. The molecular formula is C22H30N2O5. The lowest BCUT2D eigenvalue weighted by Crippen LogP contribution is -2.53. The van der Waals surface area contributed by atoms with Crippen molar-refractivity contribution in [2.24, 2.45) is 5.41 Å². The average Bonchev–Trinajstić information content (AvgIpc) is 2.76. The number of carbonyl (C=O) groups is 2. The van der Waals surface area contributed by atoms with Crippen molar-refractivity contribution in [3.05, 3.63) is 35.5 Å². The minimum atomic E-state index is -0.661. The van der Waals surface area contributed by atoms with Crippen molar-refractivity contribution in [3.63, 3.8) is 0 Å². The molecule has 1 aromatic rings. The first-order valence-electron chi connectivity index (χ1n) is 10.0. The number of piperidine rings is 1. The summed E-state index contributed by atoms with van der Waals surface area (Å²) in [6, 6.07) is 5.52. The summed E-state index contributed by atoms with van der Waals surface area (Å²) in [6.45, 7) is 1.25. The smallest absolute Gasteiger partial charge is 0.232 e. The Kier molecular flexibility index (Phi) is 6.79. The van der Waals surface area contributed by atoms with Gasteiger partial charge in [-0.05, 0) is 43.9 Å². The molecule has 1 N–H and O–H groups in total. The second kappa shape index (κ2) is 9.31. The molecule has 1 unspecified atom stereocenters. The van der Waals surface area contributed by atoms with Gasteiger partial charge in [-0.2, -0.15) is 0 Å². The molecule has 7 heteroatoms. The van der Waals surface area contributed by atoms with Crippen LogP contribution in [0.15, 0.2) is 30.0 Å². The van der Waals surface area contributed by atoms with Crippen LogP contribution < -0.4 is 14.8 Å². The van der Waals surface area contributed by atoms with Gasteiger partial charge in [-0.15, -0.1) is 0 Å². The number of amides is 2. The zero-order valence-electron chi connectivity index (χ0n) is 17.5. The van der Waals surface area contributed by atoms with Gasteiger partial charge in [0.15, 0.2) is 0 Å². The molecule has 1 fully saturated rings. The Hall–Kier alpha value is -2.54. The first-order chi connectivity index (χ1) is 14.1. The lowest BCUT2D eigenvalue weighted by Gasteiger charge is -2.46. The van der Waals surface area contributed by atoms with Gasteiger partial charge in [0.25, 0.3) is 0 Å². The zero-order chi connectivity index (χ0) is 20.9. The fourth-order valence-corrected chi connectivity index (χ4v) is 4.31. The van der Waals surface area contributed by atoms with Crippen molar-refractivity contribution >= 4 is 11.8 Å². The van der Waals surface area contributed by atoms with E-state index in [2.05, 4.69) is 11.4 Å². The number of methoxy groups -OCH3 is 3. The van der Waals surface area contributed by atoms with E-state index in [0.29, 0.717) is 44.0 Å². The van der Waals surface area contributed by atoms with Crippen molar-refractivity contribution in [2.45, 2.75) is 38.6 Å². The van der Waals surface area contributed by atoms with E-state index in [4.69, 9.17) is 14.2 Å². The zero-order valence-corrected chi connectivity index (χ0v) is 17.5. The van der Waals surface area contributed by atoms with E-state index in [-0.39, 0.29) is 11.8 Å².